The fourth-order valence-corrected chi connectivity index (χ4v) is 3.37. The standard InChI is InChI=1S/C16H19BrN4O3S/c1-25-16-19-9-11(17)14(20-16)15(22)18-10-12(13-3-2-6-24-13)21-4-7-23-8-5-21/h2-3,6,9,12H,4-5,7-8,10H2,1H3,(H,18,22)/t12-/m1/s1. The summed E-state index contributed by atoms with van der Waals surface area (Å²) in [5, 5.41) is 3.53. The lowest BCUT2D eigenvalue weighted by atomic mass is 10.1. The Morgan fingerprint density at radius 1 is 1.48 bits per heavy atom. The van der Waals surface area contributed by atoms with Crippen LogP contribution < -0.4 is 5.32 Å². The molecule has 3 rings (SSSR count). The molecule has 9 heteroatoms. The van der Waals surface area contributed by atoms with E-state index < -0.39 is 0 Å². The van der Waals surface area contributed by atoms with E-state index in [-0.39, 0.29) is 11.9 Å². The maximum absolute atomic E-state index is 12.6. The molecular formula is C16H19BrN4O3S. The van der Waals surface area contributed by atoms with Crippen molar-refractivity contribution in [3.05, 3.63) is 40.5 Å². The lowest BCUT2D eigenvalue weighted by Gasteiger charge is -2.33. The molecule has 1 aliphatic heterocycles. The molecule has 1 aliphatic rings. The van der Waals surface area contributed by atoms with Gasteiger partial charge in [0.05, 0.1) is 30.0 Å². The van der Waals surface area contributed by atoms with E-state index in [2.05, 4.69) is 36.1 Å². The zero-order chi connectivity index (χ0) is 17.6. The molecule has 1 fully saturated rings. The van der Waals surface area contributed by atoms with Gasteiger partial charge in [-0.1, -0.05) is 11.8 Å². The number of morpholine rings is 1. The number of halogens is 1. The molecule has 1 amide bonds. The molecule has 3 heterocycles. The summed E-state index contributed by atoms with van der Waals surface area (Å²) in [4.78, 5) is 23.2. The van der Waals surface area contributed by atoms with Gasteiger partial charge >= 0.3 is 0 Å². The monoisotopic (exact) mass is 426 g/mol. The Morgan fingerprint density at radius 3 is 2.96 bits per heavy atom. The second-order valence-corrected chi connectivity index (χ2v) is 7.07. The van der Waals surface area contributed by atoms with E-state index in [9.17, 15) is 4.79 Å². The van der Waals surface area contributed by atoms with Crippen molar-refractivity contribution in [2.45, 2.75) is 11.2 Å². The van der Waals surface area contributed by atoms with E-state index in [1.54, 1.807) is 12.5 Å². The summed E-state index contributed by atoms with van der Waals surface area (Å²) in [6.45, 7) is 3.39. The van der Waals surface area contributed by atoms with Gasteiger partial charge in [0.15, 0.2) is 5.16 Å². The molecular weight excluding hydrogens is 408 g/mol. The van der Waals surface area contributed by atoms with Crippen molar-refractivity contribution in [3.63, 3.8) is 0 Å². The SMILES string of the molecule is CSc1ncc(Br)c(C(=O)NC[C@H](c2ccco2)N2CCOCC2)n1. The van der Waals surface area contributed by atoms with Crippen LogP contribution in [-0.2, 0) is 4.74 Å². The zero-order valence-corrected chi connectivity index (χ0v) is 16.2. The van der Waals surface area contributed by atoms with Crippen LogP contribution in [0.15, 0.2) is 38.6 Å². The molecule has 0 spiro atoms. The van der Waals surface area contributed by atoms with E-state index in [1.165, 1.54) is 11.8 Å². The van der Waals surface area contributed by atoms with E-state index in [1.807, 2.05) is 18.4 Å². The summed E-state index contributed by atoms with van der Waals surface area (Å²) >= 11 is 4.74. The highest BCUT2D eigenvalue weighted by atomic mass is 79.9. The van der Waals surface area contributed by atoms with Gasteiger partial charge in [-0.3, -0.25) is 9.69 Å². The molecule has 0 aliphatic carbocycles. The number of hydrogen-bond donors (Lipinski definition) is 1. The molecule has 2 aromatic heterocycles. The van der Waals surface area contributed by atoms with Crippen LogP contribution in [0.3, 0.4) is 0 Å². The number of nitrogens with one attached hydrogen (secondary N) is 1. The predicted molar refractivity (Wildman–Crippen MR) is 97.7 cm³/mol. The maximum Gasteiger partial charge on any atom is 0.271 e. The molecule has 134 valence electrons. The molecule has 1 saturated heterocycles. The highest BCUT2D eigenvalue weighted by Crippen LogP contribution is 2.22. The van der Waals surface area contributed by atoms with Crippen molar-refractivity contribution in [2.75, 3.05) is 39.1 Å². The number of ether oxygens (including phenoxy) is 1. The Hall–Kier alpha value is -1.42. The van der Waals surface area contributed by atoms with Gasteiger partial charge in [0.1, 0.15) is 11.5 Å². The van der Waals surface area contributed by atoms with Gasteiger partial charge in [-0.2, -0.15) is 0 Å². The third-order valence-corrected chi connectivity index (χ3v) is 5.08. The second kappa shape index (κ2) is 8.79. The summed E-state index contributed by atoms with van der Waals surface area (Å²) in [7, 11) is 0. The summed E-state index contributed by atoms with van der Waals surface area (Å²) in [5.74, 6) is 0.586. The van der Waals surface area contributed by atoms with E-state index in [0.717, 1.165) is 18.8 Å². The Kier molecular flexibility index (Phi) is 6.46. The number of furan rings is 1. The summed E-state index contributed by atoms with van der Waals surface area (Å²) in [6.07, 6.45) is 5.12. The molecule has 25 heavy (non-hydrogen) atoms. The first kappa shape index (κ1) is 18.4. The second-order valence-electron chi connectivity index (χ2n) is 5.44. The zero-order valence-electron chi connectivity index (χ0n) is 13.8. The lowest BCUT2D eigenvalue weighted by molar-refractivity contribution is 0.0118. The summed E-state index contributed by atoms with van der Waals surface area (Å²) in [6, 6.07) is 3.75. The number of carbonyl (C=O) groups is 1. The molecule has 1 atom stereocenters. The fraction of sp³-hybridized carbons (Fsp3) is 0.438. The number of rotatable bonds is 6. The topological polar surface area (TPSA) is 80.5 Å². The maximum atomic E-state index is 12.6. The number of nitrogens with zero attached hydrogens (tertiary/aromatic N) is 3. The van der Waals surface area contributed by atoms with Crippen molar-refractivity contribution >= 4 is 33.6 Å². The number of carbonyl (C=O) groups excluding carboxylic acids is 1. The first-order chi connectivity index (χ1) is 12.2. The Bertz CT molecular complexity index is 707. The molecule has 2 aromatic rings. The molecule has 0 unspecified atom stereocenters. The third kappa shape index (κ3) is 4.60. The van der Waals surface area contributed by atoms with Gasteiger partial charge in [0.25, 0.3) is 5.91 Å². The Balaban J connectivity index is 1.71. The summed E-state index contributed by atoms with van der Waals surface area (Å²) < 4.78 is 11.6. The highest BCUT2D eigenvalue weighted by molar-refractivity contribution is 9.10. The van der Waals surface area contributed by atoms with Crippen LogP contribution in [0.5, 0.6) is 0 Å². The third-order valence-electron chi connectivity index (χ3n) is 3.93. The fourth-order valence-electron chi connectivity index (χ4n) is 2.66. The lowest BCUT2D eigenvalue weighted by Crippen LogP contribution is -2.43. The average molecular weight is 427 g/mol. The van der Waals surface area contributed by atoms with Crippen LogP contribution in [-0.4, -0.2) is 59.9 Å². The van der Waals surface area contributed by atoms with Crippen LogP contribution in [0.1, 0.15) is 22.3 Å². The van der Waals surface area contributed by atoms with Crippen LogP contribution in [0.2, 0.25) is 0 Å². The van der Waals surface area contributed by atoms with Crippen LogP contribution in [0, 0.1) is 0 Å². The van der Waals surface area contributed by atoms with Crippen molar-refractivity contribution in [2.24, 2.45) is 0 Å². The predicted octanol–water partition coefficient (Wildman–Crippen LogP) is 2.36. The minimum atomic E-state index is -0.241. The van der Waals surface area contributed by atoms with Crippen LogP contribution >= 0.6 is 27.7 Å². The molecule has 0 bridgehead atoms. The average Bonchev–Trinajstić information content (AvgIpc) is 3.17. The number of hydrogen-bond acceptors (Lipinski definition) is 7. The van der Waals surface area contributed by atoms with Crippen molar-refractivity contribution in [1.82, 2.24) is 20.2 Å². The van der Waals surface area contributed by atoms with Crippen LogP contribution in [0.4, 0.5) is 0 Å². The Labute approximate surface area is 158 Å². The molecule has 0 saturated carbocycles. The van der Waals surface area contributed by atoms with Crippen molar-refractivity contribution < 1.29 is 13.9 Å². The number of aromatic nitrogens is 2. The van der Waals surface area contributed by atoms with Gasteiger partial charge < -0.3 is 14.5 Å². The molecule has 1 N–H and O–H groups in total. The Morgan fingerprint density at radius 2 is 2.28 bits per heavy atom. The minimum Gasteiger partial charge on any atom is -0.468 e. The molecule has 0 aromatic carbocycles. The normalized spacial score (nSPS) is 16.6. The van der Waals surface area contributed by atoms with Gasteiger partial charge in [0.2, 0.25) is 0 Å². The van der Waals surface area contributed by atoms with Gasteiger partial charge in [-0.25, -0.2) is 9.97 Å². The first-order valence-electron chi connectivity index (χ1n) is 7.89. The van der Waals surface area contributed by atoms with E-state index in [4.69, 9.17) is 9.15 Å². The van der Waals surface area contributed by atoms with Gasteiger partial charge in [0, 0.05) is 25.8 Å². The van der Waals surface area contributed by atoms with Gasteiger partial charge in [-0.15, -0.1) is 0 Å². The van der Waals surface area contributed by atoms with E-state index in [0.29, 0.717) is 35.1 Å². The number of thioether (sulfide) groups is 1. The molecule has 0 radical (unpaired) electrons. The molecule has 7 nitrogen and oxygen atoms in total. The first-order valence-corrected chi connectivity index (χ1v) is 9.90. The highest BCUT2D eigenvalue weighted by Gasteiger charge is 2.26. The summed E-state index contributed by atoms with van der Waals surface area (Å²) in [5.41, 5.74) is 0.333. The largest absolute Gasteiger partial charge is 0.468 e. The van der Waals surface area contributed by atoms with E-state index >= 15 is 0 Å². The van der Waals surface area contributed by atoms with Crippen molar-refractivity contribution in [1.29, 1.82) is 0 Å². The minimum absolute atomic E-state index is 0.0384. The smallest absolute Gasteiger partial charge is 0.271 e. The quantitative estimate of drug-likeness (QED) is 0.560. The van der Waals surface area contributed by atoms with Gasteiger partial charge in [-0.05, 0) is 34.3 Å². The number of amides is 1. The van der Waals surface area contributed by atoms with Crippen LogP contribution in [0.25, 0.3) is 0 Å². The van der Waals surface area contributed by atoms with Crippen molar-refractivity contribution in [3.8, 4) is 0 Å².